The number of rotatable bonds is 5. The number of anilines is 1. The van der Waals surface area contributed by atoms with Crippen LogP contribution in [0, 0.1) is 0 Å². The molecular formula is C18H20N4O3S. The third kappa shape index (κ3) is 3.50. The predicted molar refractivity (Wildman–Crippen MR) is 101 cm³/mol. The molecule has 0 spiro atoms. The highest BCUT2D eigenvalue weighted by Gasteiger charge is 2.20. The number of aromatic nitrogens is 2. The highest BCUT2D eigenvalue weighted by molar-refractivity contribution is 7.99. The zero-order valence-corrected chi connectivity index (χ0v) is 15.5. The van der Waals surface area contributed by atoms with Crippen molar-refractivity contribution in [1.29, 1.82) is 0 Å². The van der Waals surface area contributed by atoms with E-state index in [1.165, 1.54) is 22.5 Å². The number of hydrogen-bond donors (Lipinski definition) is 1. The second-order valence-corrected chi connectivity index (χ2v) is 6.83. The van der Waals surface area contributed by atoms with Crippen LogP contribution in [-0.2, 0) is 6.54 Å². The summed E-state index contributed by atoms with van der Waals surface area (Å²) in [7, 11) is 0. The number of carbonyl (C=O) groups excluding carboxylic acids is 2. The molecule has 2 amide bonds. The van der Waals surface area contributed by atoms with Crippen LogP contribution in [0.15, 0.2) is 40.4 Å². The highest BCUT2D eigenvalue weighted by Crippen LogP contribution is 2.20. The molecule has 8 heteroatoms. The summed E-state index contributed by atoms with van der Waals surface area (Å²) in [4.78, 5) is 43.0. The van der Waals surface area contributed by atoms with Gasteiger partial charge in [-0.25, -0.2) is 4.98 Å². The van der Waals surface area contributed by atoms with Crippen LogP contribution < -0.4 is 10.9 Å². The molecule has 0 fully saturated rings. The van der Waals surface area contributed by atoms with Gasteiger partial charge in [-0.1, -0.05) is 11.8 Å². The smallest absolute Gasteiger partial charge is 0.267 e. The number of carbonyl (C=O) groups is 2. The van der Waals surface area contributed by atoms with E-state index >= 15 is 0 Å². The third-order valence-electron chi connectivity index (χ3n) is 4.24. The van der Waals surface area contributed by atoms with Crippen molar-refractivity contribution in [2.75, 3.05) is 24.2 Å². The molecule has 0 bridgehead atoms. The van der Waals surface area contributed by atoms with E-state index in [0.717, 1.165) is 5.75 Å². The van der Waals surface area contributed by atoms with Gasteiger partial charge in [0.1, 0.15) is 5.56 Å². The predicted octanol–water partition coefficient (Wildman–Crippen LogP) is 2.08. The first-order valence-corrected chi connectivity index (χ1v) is 9.47. The van der Waals surface area contributed by atoms with Gasteiger partial charge >= 0.3 is 0 Å². The summed E-state index contributed by atoms with van der Waals surface area (Å²) in [6, 6.07) is 6.65. The molecule has 0 radical (unpaired) electrons. The Bertz CT molecular complexity index is 888. The minimum Gasteiger partial charge on any atom is -0.339 e. The number of thioether (sulfide) groups is 1. The number of benzene rings is 1. The molecular weight excluding hydrogens is 352 g/mol. The van der Waals surface area contributed by atoms with Gasteiger partial charge in [0.2, 0.25) is 0 Å². The summed E-state index contributed by atoms with van der Waals surface area (Å²) >= 11 is 1.50. The van der Waals surface area contributed by atoms with Gasteiger partial charge in [0, 0.05) is 42.8 Å². The fourth-order valence-electron chi connectivity index (χ4n) is 2.76. The van der Waals surface area contributed by atoms with Gasteiger partial charge < -0.3 is 10.2 Å². The quantitative estimate of drug-likeness (QED) is 0.813. The van der Waals surface area contributed by atoms with Crippen molar-refractivity contribution in [2.45, 2.75) is 25.5 Å². The molecule has 1 aliphatic rings. The molecule has 7 nitrogen and oxygen atoms in total. The fraction of sp³-hybridized carbons (Fsp3) is 0.333. The number of nitrogens with one attached hydrogen (secondary N) is 1. The number of hydrogen-bond acceptors (Lipinski definition) is 5. The summed E-state index contributed by atoms with van der Waals surface area (Å²) in [5.41, 5.74) is 0.763. The van der Waals surface area contributed by atoms with Gasteiger partial charge in [-0.3, -0.25) is 19.0 Å². The molecule has 1 aromatic carbocycles. The van der Waals surface area contributed by atoms with Crippen molar-refractivity contribution >= 4 is 29.3 Å². The van der Waals surface area contributed by atoms with Crippen molar-refractivity contribution < 1.29 is 9.59 Å². The van der Waals surface area contributed by atoms with E-state index in [0.29, 0.717) is 36.0 Å². The second kappa shape index (κ2) is 7.74. The summed E-state index contributed by atoms with van der Waals surface area (Å²) in [5, 5.41) is 3.33. The number of nitrogens with zero attached hydrogens (tertiary/aromatic N) is 3. The average Bonchev–Trinajstić information content (AvgIpc) is 3.13. The first kappa shape index (κ1) is 18.2. The Morgan fingerprint density at radius 3 is 2.58 bits per heavy atom. The molecule has 3 rings (SSSR count). The molecule has 1 aliphatic heterocycles. The SMILES string of the molecule is CCN(CC)C(=O)c1ccc(NC(=O)c2cnc3n(c2=O)CCS3)cc1. The van der Waals surface area contributed by atoms with Crippen LogP contribution in [0.25, 0.3) is 0 Å². The first-order valence-electron chi connectivity index (χ1n) is 8.48. The molecule has 0 aliphatic carbocycles. The first-order chi connectivity index (χ1) is 12.5. The maximum atomic E-state index is 12.4. The lowest BCUT2D eigenvalue weighted by atomic mass is 10.1. The lowest BCUT2D eigenvalue weighted by molar-refractivity contribution is 0.0773. The normalized spacial score (nSPS) is 12.5. The minimum atomic E-state index is -0.502. The molecule has 0 atom stereocenters. The van der Waals surface area contributed by atoms with Gasteiger partial charge in [-0.15, -0.1) is 0 Å². The van der Waals surface area contributed by atoms with Crippen molar-refractivity contribution in [3.8, 4) is 0 Å². The molecule has 136 valence electrons. The summed E-state index contributed by atoms with van der Waals surface area (Å²) in [6.45, 7) is 5.70. The molecule has 1 aromatic heterocycles. The zero-order valence-electron chi connectivity index (χ0n) is 14.7. The lowest BCUT2D eigenvalue weighted by Crippen LogP contribution is -2.30. The van der Waals surface area contributed by atoms with E-state index in [1.54, 1.807) is 29.2 Å². The molecule has 2 heterocycles. The van der Waals surface area contributed by atoms with Gasteiger partial charge in [0.05, 0.1) is 0 Å². The van der Waals surface area contributed by atoms with Gasteiger partial charge in [-0.05, 0) is 38.1 Å². The van der Waals surface area contributed by atoms with Crippen molar-refractivity contribution in [2.24, 2.45) is 0 Å². The summed E-state index contributed by atoms with van der Waals surface area (Å²) < 4.78 is 1.52. The standard InChI is InChI=1S/C18H20N4O3S/c1-3-21(4-2)16(24)12-5-7-13(8-6-12)20-15(23)14-11-19-18-22(17(14)25)9-10-26-18/h5-8,11H,3-4,9-10H2,1-2H3,(H,20,23). The number of fused-ring (bicyclic) bond motifs is 1. The zero-order chi connectivity index (χ0) is 18.7. The van der Waals surface area contributed by atoms with E-state index in [1.807, 2.05) is 13.8 Å². The molecule has 0 unspecified atom stereocenters. The minimum absolute atomic E-state index is 0.0135. The lowest BCUT2D eigenvalue weighted by Gasteiger charge is -2.18. The van der Waals surface area contributed by atoms with Gasteiger partial charge in [0.15, 0.2) is 5.16 Å². The van der Waals surface area contributed by atoms with Crippen molar-refractivity contribution in [3.63, 3.8) is 0 Å². The summed E-state index contributed by atoms with van der Waals surface area (Å²) in [5.74, 6) is 0.235. The maximum Gasteiger partial charge on any atom is 0.267 e. The van der Waals surface area contributed by atoms with E-state index < -0.39 is 5.91 Å². The van der Waals surface area contributed by atoms with Crippen molar-refractivity contribution in [3.05, 3.63) is 51.9 Å². The van der Waals surface area contributed by atoms with Crippen LogP contribution in [0.4, 0.5) is 5.69 Å². The van der Waals surface area contributed by atoms with E-state index in [4.69, 9.17) is 0 Å². The van der Waals surface area contributed by atoms with Crippen LogP contribution in [0.2, 0.25) is 0 Å². The van der Waals surface area contributed by atoms with Crippen LogP contribution in [0.5, 0.6) is 0 Å². The Morgan fingerprint density at radius 2 is 1.92 bits per heavy atom. The van der Waals surface area contributed by atoms with Crippen LogP contribution in [-0.4, -0.2) is 45.1 Å². The average molecular weight is 372 g/mol. The van der Waals surface area contributed by atoms with Gasteiger partial charge in [-0.2, -0.15) is 0 Å². The molecule has 2 aromatic rings. The Balaban J connectivity index is 1.75. The topological polar surface area (TPSA) is 84.3 Å². The Kier molecular flexibility index (Phi) is 5.41. The second-order valence-electron chi connectivity index (χ2n) is 5.77. The Labute approximate surface area is 155 Å². The largest absolute Gasteiger partial charge is 0.339 e. The summed E-state index contributed by atoms with van der Waals surface area (Å²) in [6.07, 6.45) is 1.32. The fourth-order valence-corrected chi connectivity index (χ4v) is 3.67. The maximum absolute atomic E-state index is 12.4. The van der Waals surface area contributed by atoms with E-state index in [9.17, 15) is 14.4 Å². The van der Waals surface area contributed by atoms with E-state index in [2.05, 4.69) is 10.3 Å². The van der Waals surface area contributed by atoms with Crippen LogP contribution >= 0.6 is 11.8 Å². The Morgan fingerprint density at radius 1 is 1.23 bits per heavy atom. The molecule has 0 saturated heterocycles. The monoisotopic (exact) mass is 372 g/mol. The number of amides is 2. The third-order valence-corrected chi connectivity index (χ3v) is 5.21. The van der Waals surface area contributed by atoms with E-state index in [-0.39, 0.29) is 17.0 Å². The van der Waals surface area contributed by atoms with Crippen LogP contribution in [0.3, 0.4) is 0 Å². The highest BCUT2D eigenvalue weighted by atomic mass is 32.2. The Hall–Kier alpha value is -2.61. The van der Waals surface area contributed by atoms with Crippen LogP contribution in [0.1, 0.15) is 34.6 Å². The van der Waals surface area contributed by atoms with Crippen molar-refractivity contribution in [1.82, 2.24) is 14.5 Å². The molecule has 0 saturated carbocycles. The molecule has 1 N–H and O–H groups in total. The van der Waals surface area contributed by atoms with Gasteiger partial charge in [0.25, 0.3) is 17.4 Å². The molecule has 26 heavy (non-hydrogen) atoms.